The molecule has 0 spiro atoms. The molecule has 0 aromatic heterocycles. The molecule has 5 N–H and O–H groups in total. The van der Waals surface area contributed by atoms with E-state index in [1.54, 1.807) is 0 Å². The van der Waals surface area contributed by atoms with Gasteiger partial charge < -0.3 is 30.7 Å². The predicted octanol–water partition coefficient (Wildman–Crippen LogP) is 5.90. The molecule has 0 aliphatic heterocycles. The Labute approximate surface area is 248 Å². The maximum Gasteiger partial charge on any atom is 0.220 e. The molecule has 1 amide bonds. The Hall–Kier alpha value is -2.29. The van der Waals surface area contributed by atoms with Crippen molar-refractivity contribution in [1.82, 2.24) is 5.32 Å². The Morgan fingerprint density at radius 1 is 0.707 bits per heavy atom. The van der Waals surface area contributed by atoms with Crippen LogP contribution >= 0.6 is 0 Å². The number of carbonyl (C=O) groups excluding carboxylic acids is 1. The van der Waals surface area contributed by atoms with Crippen LogP contribution < -0.4 is 11.1 Å². The van der Waals surface area contributed by atoms with Crippen molar-refractivity contribution in [2.45, 2.75) is 109 Å². The van der Waals surface area contributed by atoms with Gasteiger partial charge in [0, 0.05) is 6.42 Å². The van der Waals surface area contributed by atoms with E-state index in [4.69, 9.17) is 20.3 Å². The highest BCUT2D eigenvalue weighted by Crippen LogP contribution is 2.12. The average molecular weight is 573 g/mol. The van der Waals surface area contributed by atoms with Gasteiger partial charge in [0.25, 0.3) is 0 Å². The van der Waals surface area contributed by atoms with E-state index in [-0.39, 0.29) is 31.2 Å². The number of amides is 1. The number of carbonyl (C=O) groups is 1. The highest BCUT2D eigenvalue weighted by Gasteiger charge is 2.11. The van der Waals surface area contributed by atoms with Crippen molar-refractivity contribution >= 4 is 5.91 Å². The third-order valence-electron chi connectivity index (χ3n) is 6.70. The van der Waals surface area contributed by atoms with Crippen LogP contribution in [-0.4, -0.2) is 54.6 Å². The van der Waals surface area contributed by atoms with E-state index in [0.717, 1.165) is 24.0 Å². The molecule has 2 aromatic rings. The summed E-state index contributed by atoms with van der Waals surface area (Å²) in [4.78, 5) is 12.0. The van der Waals surface area contributed by atoms with Crippen LogP contribution in [0.1, 0.15) is 95.1 Å². The van der Waals surface area contributed by atoms with Gasteiger partial charge in [0.15, 0.2) is 0 Å². The zero-order chi connectivity index (χ0) is 29.8. The number of hydrogen-bond acceptors (Lipinski definition) is 6. The normalized spacial score (nSPS) is 12.3. The summed E-state index contributed by atoms with van der Waals surface area (Å²) in [6.45, 7) is 3.89. The van der Waals surface area contributed by atoms with Crippen molar-refractivity contribution < 1.29 is 24.5 Å². The third-order valence-corrected chi connectivity index (χ3v) is 6.70. The molecule has 7 nitrogen and oxygen atoms in total. The minimum Gasteiger partial charge on any atom is -0.395 e. The fourth-order valence-corrected chi connectivity index (χ4v) is 4.24. The van der Waals surface area contributed by atoms with Gasteiger partial charge in [-0.25, -0.2) is 0 Å². The topological polar surface area (TPSA) is 114 Å². The van der Waals surface area contributed by atoms with E-state index in [0.29, 0.717) is 32.8 Å². The summed E-state index contributed by atoms with van der Waals surface area (Å²) in [5, 5.41) is 20.9. The highest BCUT2D eigenvalue weighted by atomic mass is 16.5. The van der Waals surface area contributed by atoms with Crippen LogP contribution in [0.3, 0.4) is 0 Å². The molecule has 0 aliphatic rings. The summed E-state index contributed by atoms with van der Waals surface area (Å²) in [5.74, 6) is 0.0123. The number of hydrogen-bond donors (Lipinski definition) is 4. The van der Waals surface area contributed by atoms with Gasteiger partial charge in [-0.15, -0.1) is 0 Å². The number of ether oxygens (including phenoxy) is 2. The van der Waals surface area contributed by atoms with Crippen molar-refractivity contribution in [2.24, 2.45) is 5.73 Å². The van der Waals surface area contributed by atoms with Crippen LogP contribution in [0.25, 0.3) is 0 Å². The lowest BCUT2D eigenvalue weighted by Crippen LogP contribution is -2.40. The second-order valence-corrected chi connectivity index (χ2v) is 10.7. The first-order valence-electron chi connectivity index (χ1n) is 15.6. The smallest absolute Gasteiger partial charge is 0.220 e. The SMILES string of the molecule is CCCCCCCCCCCCCC(=O)N[C@@H](CO)COCc1ccccc1.N[C@@H](CO)COCc1ccccc1. The molecule has 0 aliphatic carbocycles. The van der Waals surface area contributed by atoms with Crippen LogP contribution in [0, 0.1) is 0 Å². The summed E-state index contributed by atoms with van der Waals surface area (Å²) in [5.41, 5.74) is 7.67. The molecule has 7 heteroatoms. The number of rotatable bonds is 23. The average Bonchev–Trinajstić information content (AvgIpc) is 3.00. The summed E-state index contributed by atoms with van der Waals surface area (Å²) in [7, 11) is 0. The van der Waals surface area contributed by atoms with Gasteiger partial charge in [-0.2, -0.15) is 0 Å². The van der Waals surface area contributed by atoms with Crippen molar-refractivity contribution in [2.75, 3.05) is 26.4 Å². The van der Waals surface area contributed by atoms with Crippen LogP contribution in [0.2, 0.25) is 0 Å². The summed E-state index contributed by atoms with van der Waals surface area (Å²) in [6, 6.07) is 19.2. The second-order valence-electron chi connectivity index (χ2n) is 10.7. The maximum atomic E-state index is 12.0. The van der Waals surface area contributed by atoms with Crippen LogP contribution in [-0.2, 0) is 27.5 Å². The molecule has 41 heavy (non-hydrogen) atoms. The Morgan fingerprint density at radius 2 is 1.17 bits per heavy atom. The fraction of sp³-hybridized carbons (Fsp3) is 0.618. The van der Waals surface area contributed by atoms with E-state index in [9.17, 15) is 9.90 Å². The lowest BCUT2D eigenvalue weighted by Gasteiger charge is -2.16. The van der Waals surface area contributed by atoms with Gasteiger partial charge in [-0.1, -0.05) is 132 Å². The molecule has 0 saturated heterocycles. The molecule has 0 fully saturated rings. The van der Waals surface area contributed by atoms with E-state index < -0.39 is 0 Å². The Bertz CT molecular complexity index is 838. The largest absolute Gasteiger partial charge is 0.395 e. The van der Waals surface area contributed by atoms with E-state index >= 15 is 0 Å². The number of aliphatic hydroxyl groups excluding tert-OH is 2. The van der Waals surface area contributed by atoms with Gasteiger partial charge in [0.1, 0.15) is 0 Å². The Kier molecular flexibility index (Phi) is 23.8. The second kappa shape index (κ2) is 26.6. The van der Waals surface area contributed by atoms with Crippen molar-refractivity contribution in [3.63, 3.8) is 0 Å². The van der Waals surface area contributed by atoms with Gasteiger partial charge in [-0.05, 0) is 17.5 Å². The molecule has 2 aromatic carbocycles. The first-order valence-corrected chi connectivity index (χ1v) is 15.6. The molecular weight excluding hydrogens is 516 g/mol. The summed E-state index contributed by atoms with van der Waals surface area (Å²) >= 11 is 0. The molecule has 2 atom stereocenters. The number of aliphatic hydroxyl groups is 2. The molecule has 0 heterocycles. The first-order chi connectivity index (χ1) is 20.1. The van der Waals surface area contributed by atoms with Crippen molar-refractivity contribution in [1.29, 1.82) is 0 Å². The summed E-state index contributed by atoms with van der Waals surface area (Å²) in [6.07, 6.45) is 14.6. The lowest BCUT2D eigenvalue weighted by atomic mass is 10.1. The Balaban J connectivity index is 0.000000537. The molecule has 0 bridgehead atoms. The van der Waals surface area contributed by atoms with Crippen LogP contribution in [0.15, 0.2) is 60.7 Å². The quantitative estimate of drug-likeness (QED) is 0.123. The highest BCUT2D eigenvalue weighted by molar-refractivity contribution is 5.76. The first kappa shape index (κ1) is 36.7. The van der Waals surface area contributed by atoms with Crippen molar-refractivity contribution in [3.8, 4) is 0 Å². The molecular formula is C34H56N2O5. The van der Waals surface area contributed by atoms with E-state index in [1.165, 1.54) is 57.8 Å². The Morgan fingerprint density at radius 3 is 1.63 bits per heavy atom. The van der Waals surface area contributed by atoms with Gasteiger partial charge in [-0.3, -0.25) is 4.79 Å². The van der Waals surface area contributed by atoms with E-state index in [1.807, 2.05) is 60.7 Å². The third kappa shape index (κ3) is 22.0. The lowest BCUT2D eigenvalue weighted by molar-refractivity contribution is -0.122. The van der Waals surface area contributed by atoms with Gasteiger partial charge in [0.2, 0.25) is 5.91 Å². The minimum absolute atomic E-state index is 0.0123. The van der Waals surface area contributed by atoms with E-state index in [2.05, 4.69) is 12.2 Å². The number of unbranched alkanes of at least 4 members (excludes halogenated alkanes) is 10. The molecule has 232 valence electrons. The number of benzene rings is 2. The molecule has 0 radical (unpaired) electrons. The molecule has 0 saturated carbocycles. The number of nitrogens with one attached hydrogen (secondary N) is 1. The molecule has 0 unspecified atom stereocenters. The zero-order valence-corrected chi connectivity index (χ0v) is 25.4. The standard InChI is InChI=1S/C24H41NO3.C10H15NO2/c1-2-3-4-5-6-7-8-9-10-11-15-18-24(27)25-23(19-26)21-28-20-22-16-13-12-14-17-22;11-10(6-12)8-13-7-9-4-2-1-3-5-9/h12-14,16-17,23,26H,2-11,15,18-21H2,1H3,(H,25,27);1-5,10,12H,6-8,11H2/t23-;10-/m00/s1. The van der Waals surface area contributed by atoms with Crippen LogP contribution in [0.4, 0.5) is 0 Å². The fourth-order valence-electron chi connectivity index (χ4n) is 4.24. The summed E-state index contributed by atoms with van der Waals surface area (Å²) < 4.78 is 10.9. The zero-order valence-electron chi connectivity index (χ0n) is 25.4. The maximum absolute atomic E-state index is 12.0. The van der Waals surface area contributed by atoms with Crippen molar-refractivity contribution in [3.05, 3.63) is 71.8 Å². The monoisotopic (exact) mass is 572 g/mol. The predicted molar refractivity (Wildman–Crippen MR) is 167 cm³/mol. The number of nitrogens with two attached hydrogens (primary N) is 1. The molecule has 2 rings (SSSR count). The van der Waals surface area contributed by atoms with Gasteiger partial charge >= 0.3 is 0 Å². The van der Waals surface area contributed by atoms with Crippen LogP contribution in [0.5, 0.6) is 0 Å². The van der Waals surface area contributed by atoms with Gasteiger partial charge in [0.05, 0.1) is 51.7 Å². The minimum atomic E-state index is -0.330.